The average Bonchev–Trinajstić information content (AvgIpc) is 1.16. The van der Waals surface area contributed by atoms with E-state index in [9.17, 15) is 13.2 Å². The van der Waals surface area contributed by atoms with Crippen molar-refractivity contribution in [3.63, 3.8) is 0 Å². The van der Waals surface area contributed by atoms with E-state index < -0.39 is 12.1 Å². The molecule has 0 spiro atoms. The molecule has 0 amide bonds. The van der Waals surface area contributed by atoms with Crippen LogP contribution in [0.3, 0.4) is 0 Å². The molecule has 0 aliphatic carbocycles. The maximum absolute atomic E-state index is 11.5. The summed E-state index contributed by atoms with van der Waals surface area (Å²) in [6, 6.07) is 0. The van der Waals surface area contributed by atoms with Crippen molar-refractivity contribution in [2.24, 2.45) is 5.92 Å². The largest absolute Gasteiger partial charge is 0.394 e. The first-order valence-electron chi connectivity index (χ1n) is 2.38. The Balaban J connectivity index is 2.34. The molecule has 0 aromatic carbocycles. The Bertz CT molecular complexity index is 83.8. The molecule has 4 heteroatoms. The minimum Gasteiger partial charge on any atom is -0.315 e. The second-order valence-electron chi connectivity index (χ2n) is 1.90. The van der Waals surface area contributed by atoms with E-state index in [2.05, 4.69) is 5.32 Å². The smallest absolute Gasteiger partial charge is 0.315 e. The van der Waals surface area contributed by atoms with E-state index >= 15 is 0 Å². The summed E-state index contributed by atoms with van der Waals surface area (Å²) in [4.78, 5) is 0. The Kier molecular flexibility index (Phi) is 1.19. The molecule has 1 saturated heterocycles. The highest BCUT2D eigenvalue weighted by Crippen LogP contribution is 2.28. The van der Waals surface area contributed by atoms with Gasteiger partial charge in [0.05, 0.1) is 5.92 Å². The fraction of sp³-hybridized carbons (Fsp3) is 1.00. The van der Waals surface area contributed by atoms with Gasteiger partial charge in [-0.15, -0.1) is 0 Å². The van der Waals surface area contributed by atoms with E-state index in [4.69, 9.17) is 0 Å². The van der Waals surface area contributed by atoms with Crippen LogP contribution in [0.25, 0.3) is 0 Å². The van der Waals surface area contributed by atoms with Crippen molar-refractivity contribution in [3.05, 3.63) is 0 Å². The van der Waals surface area contributed by atoms with E-state index in [0.717, 1.165) is 0 Å². The minimum atomic E-state index is -3.97. The molecular formula is C4H6F3N. The summed E-state index contributed by atoms with van der Waals surface area (Å²) in [6.07, 6.45) is -3.97. The molecule has 0 saturated carbocycles. The number of nitrogens with one attached hydrogen (secondary N) is 1. The first kappa shape index (κ1) is 5.88. The van der Waals surface area contributed by atoms with Crippen LogP contribution in [0.4, 0.5) is 13.2 Å². The fourth-order valence-corrected chi connectivity index (χ4v) is 0.520. The highest BCUT2D eigenvalue weighted by molar-refractivity contribution is 4.80. The van der Waals surface area contributed by atoms with Gasteiger partial charge < -0.3 is 5.32 Å². The quantitative estimate of drug-likeness (QED) is 0.504. The zero-order chi connectivity index (χ0) is 6.20. The lowest BCUT2D eigenvalue weighted by Crippen LogP contribution is -2.50. The normalized spacial score (nSPS) is 22.9. The van der Waals surface area contributed by atoms with Gasteiger partial charge in [-0.05, 0) is 0 Å². The van der Waals surface area contributed by atoms with E-state index in [-0.39, 0.29) is 13.1 Å². The summed E-state index contributed by atoms with van der Waals surface area (Å²) in [5.74, 6) is -1.08. The third kappa shape index (κ3) is 0.940. The Morgan fingerprint density at radius 2 is 1.75 bits per heavy atom. The molecular weight excluding hydrogens is 119 g/mol. The summed E-state index contributed by atoms with van der Waals surface area (Å²) in [6.45, 7) is 0.201. The predicted octanol–water partition coefficient (Wildman–Crippen LogP) is 0.768. The van der Waals surface area contributed by atoms with Crippen LogP contribution in [-0.2, 0) is 0 Å². The van der Waals surface area contributed by atoms with Crippen molar-refractivity contribution in [2.45, 2.75) is 6.18 Å². The van der Waals surface area contributed by atoms with Crippen molar-refractivity contribution in [1.82, 2.24) is 5.32 Å². The van der Waals surface area contributed by atoms with Crippen LogP contribution in [0.15, 0.2) is 0 Å². The lowest BCUT2D eigenvalue weighted by atomic mass is 10.0. The third-order valence-electron chi connectivity index (χ3n) is 1.24. The van der Waals surface area contributed by atoms with Gasteiger partial charge in [0, 0.05) is 13.1 Å². The molecule has 1 fully saturated rings. The highest BCUT2D eigenvalue weighted by Gasteiger charge is 2.42. The molecule has 1 rings (SSSR count). The zero-order valence-corrected chi connectivity index (χ0v) is 4.13. The van der Waals surface area contributed by atoms with E-state index in [1.165, 1.54) is 0 Å². The van der Waals surface area contributed by atoms with Crippen molar-refractivity contribution < 1.29 is 13.2 Å². The molecule has 1 aliphatic rings. The molecule has 0 bridgehead atoms. The predicted molar refractivity (Wildman–Crippen MR) is 22.4 cm³/mol. The first-order valence-corrected chi connectivity index (χ1v) is 2.38. The average molecular weight is 125 g/mol. The number of hydrogen-bond acceptors (Lipinski definition) is 1. The molecule has 1 nitrogen and oxygen atoms in total. The topological polar surface area (TPSA) is 12.0 Å². The second kappa shape index (κ2) is 1.62. The van der Waals surface area contributed by atoms with Crippen molar-refractivity contribution in [2.75, 3.05) is 13.1 Å². The summed E-state index contributed by atoms with van der Waals surface area (Å²) < 4.78 is 34.4. The summed E-state index contributed by atoms with van der Waals surface area (Å²) in [7, 11) is 0. The van der Waals surface area contributed by atoms with E-state index in [1.807, 2.05) is 0 Å². The van der Waals surface area contributed by atoms with Gasteiger partial charge in [0.25, 0.3) is 0 Å². The Morgan fingerprint density at radius 1 is 1.25 bits per heavy atom. The Hall–Kier alpha value is -0.250. The lowest BCUT2D eigenvalue weighted by molar-refractivity contribution is -0.185. The van der Waals surface area contributed by atoms with Gasteiger partial charge in [-0.1, -0.05) is 0 Å². The van der Waals surface area contributed by atoms with Crippen molar-refractivity contribution in [3.8, 4) is 0 Å². The summed E-state index contributed by atoms with van der Waals surface area (Å²) in [5, 5.41) is 2.55. The molecule has 0 aromatic rings. The summed E-state index contributed by atoms with van der Waals surface area (Å²) >= 11 is 0. The van der Waals surface area contributed by atoms with Crippen LogP contribution in [0.5, 0.6) is 0 Å². The fourth-order valence-electron chi connectivity index (χ4n) is 0.520. The van der Waals surface area contributed by atoms with Gasteiger partial charge in [-0.25, -0.2) is 0 Å². The van der Waals surface area contributed by atoms with Gasteiger partial charge in [0.15, 0.2) is 0 Å². The lowest BCUT2D eigenvalue weighted by Gasteiger charge is -2.28. The maximum atomic E-state index is 11.5. The zero-order valence-electron chi connectivity index (χ0n) is 4.13. The van der Waals surface area contributed by atoms with Crippen LogP contribution >= 0.6 is 0 Å². The van der Waals surface area contributed by atoms with Crippen LogP contribution in [0.2, 0.25) is 0 Å². The standard InChI is InChI=1S/C4H6F3N/c5-4(6,7)3-1-8-2-3/h3,8H,1-2H2. The van der Waals surface area contributed by atoms with Crippen molar-refractivity contribution >= 4 is 0 Å². The number of alkyl halides is 3. The molecule has 0 atom stereocenters. The van der Waals surface area contributed by atoms with Gasteiger partial charge >= 0.3 is 6.18 Å². The van der Waals surface area contributed by atoms with E-state index in [0.29, 0.717) is 0 Å². The van der Waals surface area contributed by atoms with Gasteiger partial charge in [0.1, 0.15) is 0 Å². The molecule has 0 aromatic heterocycles. The molecule has 48 valence electrons. The van der Waals surface area contributed by atoms with Gasteiger partial charge in [0.2, 0.25) is 0 Å². The molecule has 1 N–H and O–H groups in total. The maximum Gasteiger partial charge on any atom is 0.394 e. The van der Waals surface area contributed by atoms with Crippen molar-refractivity contribution in [1.29, 1.82) is 0 Å². The number of halogens is 3. The number of hydrogen-bond donors (Lipinski definition) is 1. The van der Waals surface area contributed by atoms with Crippen LogP contribution in [0, 0.1) is 5.92 Å². The van der Waals surface area contributed by atoms with Crippen LogP contribution in [0.1, 0.15) is 0 Å². The van der Waals surface area contributed by atoms with Crippen LogP contribution in [-0.4, -0.2) is 19.3 Å². The third-order valence-corrected chi connectivity index (χ3v) is 1.24. The molecule has 8 heavy (non-hydrogen) atoms. The Morgan fingerprint density at radius 3 is 1.75 bits per heavy atom. The highest BCUT2D eigenvalue weighted by atomic mass is 19.4. The minimum absolute atomic E-state index is 0.101. The molecule has 1 aliphatic heterocycles. The molecule has 0 unspecified atom stereocenters. The summed E-state index contributed by atoms with van der Waals surface area (Å²) in [5.41, 5.74) is 0. The van der Waals surface area contributed by atoms with Gasteiger partial charge in [-0.2, -0.15) is 13.2 Å². The molecule has 1 heterocycles. The monoisotopic (exact) mass is 125 g/mol. The first-order chi connectivity index (χ1) is 3.61. The van der Waals surface area contributed by atoms with E-state index in [1.54, 1.807) is 0 Å². The second-order valence-corrected chi connectivity index (χ2v) is 1.90. The van der Waals surface area contributed by atoms with Gasteiger partial charge in [-0.3, -0.25) is 0 Å². The number of rotatable bonds is 0. The Labute approximate surface area is 44.9 Å². The molecule has 0 radical (unpaired) electrons. The SMILES string of the molecule is FC(F)(F)C1CNC1. The van der Waals surface area contributed by atoms with Crippen LogP contribution < -0.4 is 5.32 Å².